The third kappa shape index (κ3) is 2.28. The van der Waals surface area contributed by atoms with Crippen LogP contribution >= 0.6 is 0 Å². The predicted octanol–water partition coefficient (Wildman–Crippen LogP) is 2.32. The van der Waals surface area contributed by atoms with E-state index in [4.69, 9.17) is 0 Å². The van der Waals surface area contributed by atoms with Crippen LogP contribution in [-0.4, -0.2) is 25.1 Å². The molecule has 0 aliphatic heterocycles. The van der Waals surface area contributed by atoms with E-state index < -0.39 is 6.10 Å². The fourth-order valence-corrected chi connectivity index (χ4v) is 2.30. The second-order valence-corrected chi connectivity index (χ2v) is 4.74. The number of rotatable bonds is 4. The Morgan fingerprint density at radius 2 is 2.20 bits per heavy atom. The smallest absolute Gasteiger partial charge is 0.122 e. The third-order valence-electron chi connectivity index (χ3n) is 3.31. The van der Waals surface area contributed by atoms with Crippen LogP contribution in [0.25, 0.3) is 10.9 Å². The molecule has 1 atom stereocenters. The summed E-state index contributed by atoms with van der Waals surface area (Å²) in [5, 5.41) is 19.4. The Kier molecular flexibility index (Phi) is 3.43. The van der Waals surface area contributed by atoms with Gasteiger partial charge in [-0.3, -0.25) is 4.98 Å². The highest BCUT2D eigenvalue weighted by molar-refractivity contribution is 5.79. The maximum Gasteiger partial charge on any atom is 0.122 e. The predicted molar refractivity (Wildman–Crippen MR) is 76.1 cm³/mol. The van der Waals surface area contributed by atoms with Gasteiger partial charge in [0.1, 0.15) is 6.10 Å². The van der Waals surface area contributed by atoms with E-state index in [0.29, 0.717) is 0 Å². The fraction of sp³-hybridized carbons (Fsp3) is 0.267. The molecule has 0 spiro atoms. The Morgan fingerprint density at radius 3 is 3.05 bits per heavy atom. The van der Waals surface area contributed by atoms with Crippen molar-refractivity contribution in [2.24, 2.45) is 0 Å². The van der Waals surface area contributed by atoms with Gasteiger partial charge in [0.15, 0.2) is 0 Å². The average molecular weight is 268 g/mol. The average Bonchev–Trinajstić information content (AvgIpc) is 2.94. The number of fused-ring (bicyclic) bond motifs is 1. The van der Waals surface area contributed by atoms with Crippen molar-refractivity contribution in [3.05, 3.63) is 54.0 Å². The van der Waals surface area contributed by atoms with Crippen molar-refractivity contribution in [2.75, 3.05) is 0 Å². The van der Waals surface area contributed by atoms with Crippen LogP contribution in [0.1, 0.15) is 30.7 Å². The van der Waals surface area contributed by atoms with Crippen LogP contribution in [0.4, 0.5) is 0 Å². The lowest BCUT2D eigenvalue weighted by atomic mass is 10.0. The molecule has 5 heteroatoms. The van der Waals surface area contributed by atoms with Crippen LogP contribution in [0, 0.1) is 0 Å². The van der Waals surface area contributed by atoms with E-state index >= 15 is 0 Å². The van der Waals surface area contributed by atoms with Crippen LogP contribution in [0.15, 0.2) is 42.7 Å². The zero-order valence-electron chi connectivity index (χ0n) is 11.3. The molecule has 0 aliphatic rings. The molecule has 0 bridgehead atoms. The molecule has 102 valence electrons. The van der Waals surface area contributed by atoms with Crippen LogP contribution in [0.2, 0.25) is 0 Å². The molecule has 0 amide bonds. The first-order valence-corrected chi connectivity index (χ1v) is 6.70. The third-order valence-corrected chi connectivity index (χ3v) is 3.31. The SMILES string of the molecule is CCCn1nncc1C(O)c1ccc2ncccc2c1. The highest BCUT2D eigenvalue weighted by Gasteiger charge is 2.16. The number of nitrogens with zero attached hydrogens (tertiary/aromatic N) is 4. The van der Waals surface area contributed by atoms with E-state index in [-0.39, 0.29) is 0 Å². The molecule has 5 nitrogen and oxygen atoms in total. The lowest BCUT2D eigenvalue weighted by Crippen LogP contribution is -2.10. The molecular formula is C15H16N4O. The number of aromatic nitrogens is 4. The van der Waals surface area contributed by atoms with Gasteiger partial charge in [0.2, 0.25) is 0 Å². The van der Waals surface area contributed by atoms with Crippen molar-refractivity contribution in [3.63, 3.8) is 0 Å². The minimum absolute atomic E-state index is 0.718. The highest BCUT2D eigenvalue weighted by atomic mass is 16.3. The van der Waals surface area contributed by atoms with E-state index in [1.165, 1.54) is 0 Å². The van der Waals surface area contributed by atoms with E-state index in [0.717, 1.165) is 35.1 Å². The van der Waals surface area contributed by atoms with Crippen molar-refractivity contribution in [2.45, 2.75) is 26.0 Å². The summed E-state index contributed by atoms with van der Waals surface area (Å²) in [6.45, 7) is 2.82. The summed E-state index contributed by atoms with van der Waals surface area (Å²) < 4.78 is 1.75. The van der Waals surface area contributed by atoms with Crippen molar-refractivity contribution in [3.8, 4) is 0 Å². The summed E-state index contributed by atoms with van der Waals surface area (Å²) in [6, 6.07) is 9.64. The Bertz CT molecular complexity index is 722. The number of aliphatic hydroxyl groups is 1. The maximum absolute atomic E-state index is 10.5. The minimum atomic E-state index is -0.721. The van der Waals surface area contributed by atoms with Crippen molar-refractivity contribution in [1.29, 1.82) is 0 Å². The number of aryl methyl sites for hydroxylation is 1. The summed E-state index contributed by atoms with van der Waals surface area (Å²) in [6.07, 6.45) is 3.61. The Balaban J connectivity index is 1.99. The lowest BCUT2D eigenvalue weighted by molar-refractivity contribution is 0.207. The van der Waals surface area contributed by atoms with E-state index in [1.807, 2.05) is 30.3 Å². The van der Waals surface area contributed by atoms with E-state index in [9.17, 15) is 5.11 Å². The van der Waals surface area contributed by atoms with E-state index in [2.05, 4.69) is 22.2 Å². The summed E-state index contributed by atoms with van der Waals surface area (Å²) in [4.78, 5) is 4.28. The Morgan fingerprint density at radius 1 is 1.30 bits per heavy atom. The molecule has 0 saturated carbocycles. The van der Waals surface area contributed by atoms with Gasteiger partial charge < -0.3 is 5.11 Å². The summed E-state index contributed by atoms with van der Waals surface area (Å²) in [5.41, 5.74) is 2.46. The zero-order chi connectivity index (χ0) is 13.9. The van der Waals surface area contributed by atoms with Gasteiger partial charge in [-0.25, -0.2) is 4.68 Å². The number of hydrogen-bond acceptors (Lipinski definition) is 4. The monoisotopic (exact) mass is 268 g/mol. The fourth-order valence-electron chi connectivity index (χ4n) is 2.30. The first-order chi connectivity index (χ1) is 9.79. The first kappa shape index (κ1) is 12.7. The van der Waals surface area contributed by atoms with Gasteiger partial charge in [0.25, 0.3) is 0 Å². The second-order valence-electron chi connectivity index (χ2n) is 4.74. The van der Waals surface area contributed by atoms with Crippen molar-refractivity contribution < 1.29 is 5.11 Å². The van der Waals surface area contributed by atoms with E-state index in [1.54, 1.807) is 17.1 Å². The molecule has 1 N–H and O–H groups in total. The molecule has 1 aromatic carbocycles. The molecule has 2 aromatic heterocycles. The second kappa shape index (κ2) is 5.38. The van der Waals surface area contributed by atoms with Gasteiger partial charge in [0, 0.05) is 18.1 Å². The number of hydrogen-bond donors (Lipinski definition) is 1. The molecule has 0 saturated heterocycles. The number of aliphatic hydroxyl groups excluding tert-OH is 1. The van der Waals surface area contributed by atoms with Crippen molar-refractivity contribution >= 4 is 10.9 Å². The van der Waals surface area contributed by atoms with Crippen LogP contribution in [0.3, 0.4) is 0 Å². The first-order valence-electron chi connectivity index (χ1n) is 6.70. The van der Waals surface area contributed by atoms with Crippen LogP contribution in [-0.2, 0) is 6.54 Å². The molecule has 0 fully saturated rings. The normalized spacial score (nSPS) is 12.7. The maximum atomic E-state index is 10.5. The molecule has 20 heavy (non-hydrogen) atoms. The summed E-state index contributed by atoms with van der Waals surface area (Å²) >= 11 is 0. The van der Waals surface area contributed by atoms with Crippen molar-refractivity contribution in [1.82, 2.24) is 20.0 Å². The van der Waals surface area contributed by atoms with Gasteiger partial charge in [0.05, 0.1) is 17.4 Å². The standard InChI is InChI=1S/C15H16N4O/c1-2-8-19-14(10-17-18-19)15(20)12-5-6-13-11(9-12)4-3-7-16-13/h3-7,9-10,15,20H,2,8H2,1H3. The molecule has 3 aromatic rings. The van der Waals surface area contributed by atoms with Gasteiger partial charge in [-0.1, -0.05) is 24.3 Å². The molecule has 2 heterocycles. The Labute approximate surface area is 116 Å². The molecular weight excluding hydrogens is 252 g/mol. The van der Waals surface area contributed by atoms with Gasteiger partial charge in [-0.15, -0.1) is 5.10 Å². The van der Waals surface area contributed by atoms with Crippen LogP contribution in [0.5, 0.6) is 0 Å². The molecule has 1 unspecified atom stereocenters. The number of benzene rings is 1. The molecule has 0 radical (unpaired) electrons. The Hall–Kier alpha value is -2.27. The number of pyridine rings is 1. The summed E-state index contributed by atoms with van der Waals surface area (Å²) in [7, 11) is 0. The van der Waals surface area contributed by atoms with Gasteiger partial charge in [-0.05, 0) is 30.2 Å². The quantitative estimate of drug-likeness (QED) is 0.788. The summed E-state index contributed by atoms with van der Waals surface area (Å²) in [5.74, 6) is 0. The zero-order valence-corrected chi connectivity index (χ0v) is 11.3. The minimum Gasteiger partial charge on any atom is -0.382 e. The van der Waals surface area contributed by atoms with Gasteiger partial charge >= 0.3 is 0 Å². The largest absolute Gasteiger partial charge is 0.382 e. The van der Waals surface area contributed by atoms with Crippen LogP contribution < -0.4 is 0 Å². The topological polar surface area (TPSA) is 63.8 Å². The molecule has 3 rings (SSSR count). The van der Waals surface area contributed by atoms with Gasteiger partial charge in [-0.2, -0.15) is 0 Å². The highest BCUT2D eigenvalue weighted by Crippen LogP contribution is 2.24. The molecule has 0 aliphatic carbocycles. The lowest BCUT2D eigenvalue weighted by Gasteiger charge is -2.13.